The summed E-state index contributed by atoms with van der Waals surface area (Å²) in [6.45, 7) is 6.24. The van der Waals surface area contributed by atoms with Crippen LogP contribution in [0.3, 0.4) is 0 Å². The second kappa shape index (κ2) is 9.92. The molecule has 2 aromatic heterocycles. The predicted molar refractivity (Wildman–Crippen MR) is 105 cm³/mol. The fourth-order valence-electron chi connectivity index (χ4n) is 3.21. The van der Waals surface area contributed by atoms with E-state index in [1.54, 1.807) is 12.4 Å². The number of nitrogens with one attached hydrogen (secondary N) is 1. The van der Waals surface area contributed by atoms with Crippen LogP contribution in [0, 0.1) is 11.8 Å². The Kier molecular flexibility index (Phi) is 7.58. The average molecular weight is 341 g/mol. The molecule has 0 spiro atoms. The van der Waals surface area contributed by atoms with E-state index in [-0.39, 0.29) is 13.3 Å². The van der Waals surface area contributed by atoms with Crippen molar-refractivity contribution < 1.29 is 6.22 Å². The fourth-order valence-corrected chi connectivity index (χ4v) is 3.21. The zero-order valence-corrected chi connectivity index (χ0v) is 15.5. The number of carbonyl (C=O) groups is 1. The van der Waals surface area contributed by atoms with E-state index in [2.05, 4.69) is 22.2 Å². The standard InChI is InChI=1S/C19H23N3O.C2H6.H2/c1-2-14-6-8-15(9-7-14)19(23)22-16-10-11-18(21-13-16)17-5-3-4-12-20-17;1-2;/h3-5,10-15H,2,6-9H2,1H3,(H,22,23);1-2H3;1H. The van der Waals surface area contributed by atoms with Crippen LogP contribution in [0.25, 0.3) is 11.4 Å². The van der Waals surface area contributed by atoms with Crippen molar-refractivity contribution in [3.8, 4) is 11.4 Å². The minimum absolute atomic E-state index is 0. The Labute approximate surface area is 152 Å². The normalized spacial score (nSPS) is 19.5. The largest absolute Gasteiger partial charge is 0.324 e. The summed E-state index contributed by atoms with van der Waals surface area (Å²) in [4.78, 5) is 21.0. The quantitative estimate of drug-likeness (QED) is 0.791. The number of nitrogens with zero attached hydrogens (tertiary/aromatic N) is 2. The summed E-state index contributed by atoms with van der Waals surface area (Å²) >= 11 is 0. The van der Waals surface area contributed by atoms with Crippen molar-refractivity contribution in [3.63, 3.8) is 0 Å². The van der Waals surface area contributed by atoms with E-state index < -0.39 is 0 Å². The second-order valence-electron chi connectivity index (χ2n) is 6.26. The van der Waals surface area contributed by atoms with Crippen molar-refractivity contribution in [3.05, 3.63) is 42.7 Å². The van der Waals surface area contributed by atoms with Crippen molar-refractivity contribution in [2.24, 2.45) is 11.8 Å². The van der Waals surface area contributed by atoms with Crippen molar-refractivity contribution in [2.45, 2.75) is 52.9 Å². The number of carbonyl (C=O) groups excluding carboxylic acids is 1. The van der Waals surface area contributed by atoms with Gasteiger partial charge in [0.2, 0.25) is 5.91 Å². The van der Waals surface area contributed by atoms with Crippen LogP contribution in [-0.4, -0.2) is 15.9 Å². The Bertz CT molecular complexity index is 638. The van der Waals surface area contributed by atoms with Crippen LogP contribution in [0.4, 0.5) is 5.69 Å². The molecule has 1 aliphatic carbocycles. The van der Waals surface area contributed by atoms with E-state index in [0.29, 0.717) is 0 Å². The van der Waals surface area contributed by atoms with Gasteiger partial charge in [-0.1, -0.05) is 33.3 Å². The molecule has 0 aliphatic heterocycles. The molecule has 1 fully saturated rings. The third-order valence-corrected chi connectivity index (χ3v) is 4.75. The van der Waals surface area contributed by atoms with Gasteiger partial charge in [-0.05, 0) is 55.9 Å². The first-order valence-electron chi connectivity index (χ1n) is 9.44. The molecule has 3 rings (SSSR count). The van der Waals surface area contributed by atoms with Gasteiger partial charge in [-0.15, -0.1) is 0 Å². The van der Waals surface area contributed by atoms with Gasteiger partial charge in [-0.3, -0.25) is 14.8 Å². The maximum absolute atomic E-state index is 12.4. The highest BCUT2D eigenvalue weighted by atomic mass is 16.1. The summed E-state index contributed by atoms with van der Waals surface area (Å²) in [5.41, 5.74) is 2.41. The molecule has 0 atom stereocenters. The topological polar surface area (TPSA) is 54.9 Å². The lowest BCUT2D eigenvalue weighted by molar-refractivity contribution is -0.121. The van der Waals surface area contributed by atoms with E-state index in [0.717, 1.165) is 35.8 Å². The monoisotopic (exact) mass is 341 g/mol. The highest BCUT2D eigenvalue weighted by molar-refractivity contribution is 5.92. The van der Waals surface area contributed by atoms with Crippen LogP contribution < -0.4 is 5.32 Å². The molecule has 2 heterocycles. The second-order valence-corrected chi connectivity index (χ2v) is 6.26. The molecule has 1 aliphatic rings. The number of pyridine rings is 2. The Morgan fingerprint density at radius 1 is 1.08 bits per heavy atom. The summed E-state index contributed by atoms with van der Waals surface area (Å²) in [6, 6.07) is 9.53. The first-order chi connectivity index (χ1) is 12.3. The molecule has 1 saturated carbocycles. The molecule has 4 heteroatoms. The molecule has 0 aromatic carbocycles. The first-order valence-corrected chi connectivity index (χ1v) is 9.44. The highest BCUT2D eigenvalue weighted by Crippen LogP contribution is 2.31. The van der Waals surface area contributed by atoms with Crippen LogP contribution >= 0.6 is 0 Å². The van der Waals surface area contributed by atoms with Gasteiger partial charge >= 0.3 is 0 Å². The first kappa shape index (κ1) is 19.1. The van der Waals surface area contributed by atoms with Crippen LogP contribution in [0.1, 0.15) is 54.3 Å². The number of amides is 1. The number of hydrogen-bond donors (Lipinski definition) is 1. The lowest BCUT2D eigenvalue weighted by Crippen LogP contribution is -2.27. The Morgan fingerprint density at radius 2 is 1.80 bits per heavy atom. The summed E-state index contributed by atoms with van der Waals surface area (Å²) in [5, 5.41) is 3.00. The summed E-state index contributed by atoms with van der Waals surface area (Å²) < 4.78 is 0. The smallest absolute Gasteiger partial charge is 0.227 e. The van der Waals surface area contributed by atoms with E-state index in [9.17, 15) is 4.79 Å². The van der Waals surface area contributed by atoms with E-state index in [1.165, 1.54) is 19.3 Å². The van der Waals surface area contributed by atoms with Crippen LogP contribution in [0.2, 0.25) is 0 Å². The molecule has 25 heavy (non-hydrogen) atoms. The van der Waals surface area contributed by atoms with Crippen molar-refractivity contribution in [2.75, 3.05) is 5.32 Å². The summed E-state index contributed by atoms with van der Waals surface area (Å²) in [5.74, 6) is 1.08. The Hall–Kier alpha value is -2.23. The third kappa shape index (κ3) is 5.38. The van der Waals surface area contributed by atoms with Crippen molar-refractivity contribution in [1.82, 2.24) is 9.97 Å². The zero-order valence-electron chi connectivity index (χ0n) is 15.5. The van der Waals surface area contributed by atoms with Gasteiger partial charge in [-0.25, -0.2) is 0 Å². The van der Waals surface area contributed by atoms with Gasteiger partial charge in [0.25, 0.3) is 0 Å². The van der Waals surface area contributed by atoms with Crippen molar-refractivity contribution in [1.29, 1.82) is 0 Å². The third-order valence-electron chi connectivity index (χ3n) is 4.75. The van der Waals surface area contributed by atoms with E-state index in [4.69, 9.17) is 0 Å². The Morgan fingerprint density at radius 3 is 2.36 bits per heavy atom. The van der Waals surface area contributed by atoms with Gasteiger partial charge in [0.15, 0.2) is 0 Å². The van der Waals surface area contributed by atoms with Crippen molar-refractivity contribution >= 4 is 11.6 Å². The van der Waals surface area contributed by atoms with E-state index in [1.807, 2.05) is 44.2 Å². The number of hydrogen-bond acceptors (Lipinski definition) is 3. The molecule has 2 aromatic rings. The highest BCUT2D eigenvalue weighted by Gasteiger charge is 2.25. The van der Waals surface area contributed by atoms with Gasteiger partial charge in [0.05, 0.1) is 23.3 Å². The molecule has 1 amide bonds. The predicted octanol–water partition coefficient (Wildman–Crippen LogP) is 5.57. The molecular weight excluding hydrogens is 310 g/mol. The summed E-state index contributed by atoms with van der Waals surface area (Å²) in [7, 11) is 0. The van der Waals surface area contributed by atoms with Gasteiger partial charge in [0.1, 0.15) is 0 Å². The Balaban J connectivity index is 0.00000109. The zero-order chi connectivity index (χ0) is 18.1. The van der Waals surface area contributed by atoms with E-state index >= 15 is 0 Å². The minimum Gasteiger partial charge on any atom is -0.324 e. The SMILES string of the molecule is CC.CCC1CCC(C(=O)Nc2ccc(-c3ccccn3)nc2)CC1.[HH]. The molecular formula is C21H31N3O. The number of rotatable bonds is 4. The van der Waals surface area contributed by atoms with Crippen LogP contribution in [-0.2, 0) is 4.79 Å². The lowest BCUT2D eigenvalue weighted by atomic mass is 9.80. The molecule has 136 valence electrons. The van der Waals surface area contributed by atoms with Gasteiger partial charge in [-0.2, -0.15) is 0 Å². The molecule has 0 saturated heterocycles. The molecule has 0 radical (unpaired) electrons. The molecule has 1 N–H and O–H groups in total. The van der Waals surface area contributed by atoms with Crippen LogP contribution in [0.5, 0.6) is 0 Å². The van der Waals surface area contributed by atoms with Gasteiger partial charge < -0.3 is 5.32 Å². The fraction of sp³-hybridized carbons (Fsp3) is 0.476. The lowest BCUT2D eigenvalue weighted by Gasteiger charge is -2.26. The summed E-state index contributed by atoms with van der Waals surface area (Å²) in [6.07, 6.45) is 9.04. The maximum Gasteiger partial charge on any atom is 0.227 e. The number of aromatic nitrogens is 2. The van der Waals surface area contributed by atoms with Crippen LogP contribution in [0.15, 0.2) is 42.7 Å². The number of anilines is 1. The molecule has 0 bridgehead atoms. The minimum atomic E-state index is 0. The molecule has 4 nitrogen and oxygen atoms in total. The van der Waals surface area contributed by atoms with Gasteiger partial charge in [0, 0.05) is 13.5 Å². The molecule has 0 unspecified atom stereocenters. The maximum atomic E-state index is 12.4. The average Bonchev–Trinajstić information content (AvgIpc) is 2.71.